The van der Waals surface area contributed by atoms with E-state index in [2.05, 4.69) is 10.3 Å². The van der Waals surface area contributed by atoms with E-state index in [9.17, 15) is 9.59 Å². The molecular weight excluding hydrogens is 442 g/mol. The van der Waals surface area contributed by atoms with Gasteiger partial charge in [-0.25, -0.2) is 0 Å². The Morgan fingerprint density at radius 1 is 0.829 bits per heavy atom. The number of imide groups is 1. The molecule has 0 aliphatic carbocycles. The first-order valence-electron chi connectivity index (χ1n) is 11.1. The monoisotopic (exact) mass is 465 g/mol. The fourth-order valence-electron chi connectivity index (χ4n) is 4.23. The molecule has 0 bridgehead atoms. The predicted molar refractivity (Wildman–Crippen MR) is 134 cm³/mol. The summed E-state index contributed by atoms with van der Waals surface area (Å²) in [5.41, 5.74) is 2.59. The summed E-state index contributed by atoms with van der Waals surface area (Å²) in [6.45, 7) is 0.137. The molecule has 0 atom stereocenters. The van der Waals surface area contributed by atoms with Gasteiger partial charge < -0.3 is 14.8 Å². The van der Waals surface area contributed by atoms with Crippen molar-refractivity contribution in [2.45, 2.75) is 6.54 Å². The Hall–Kier alpha value is -4.65. The number of fused-ring (bicyclic) bond motifs is 1. The molecule has 2 heterocycles. The first-order chi connectivity index (χ1) is 17.1. The maximum atomic E-state index is 13.7. The minimum Gasteiger partial charge on any atom is -0.493 e. The van der Waals surface area contributed by atoms with Crippen LogP contribution in [0.3, 0.4) is 0 Å². The lowest BCUT2D eigenvalue weighted by Gasteiger charge is -2.15. The molecule has 35 heavy (non-hydrogen) atoms. The SMILES string of the molecule is COc1ccc(C2=C(Nc3cccc4ccccc34)C(=O)N(Cc3ccncc3)C2=O)cc1OC. The Balaban J connectivity index is 1.62. The normalized spacial score (nSPS) is 13.5. The number of methoxy groups -OCH3 is 2. The number of aromatic nitrogens is 1. The third-order valence-electron chi connectivity index (χ3n) is 5.98. The van der Waals surface area contributed by atoms with E-state index in [4.69, 9.17) is 9.47 Å². The Morgan fingerprint density at radius 3 is 2.34 bits per heavy atom. The molecule has 0 fully saturated rings. The van der Waals surface area contributed by atoms with Crippen LogP contribution in [0.2, 0.25) is 0 Å². The summed E-state index contributed by atoms with van der Waals surface area (Å²) in [5.74, 6) is 0.215. The van der Waals surface area contributed by atoms with E-state index in [1.807, 2.05) is 42.5 Å². The number of rotatable bonds is 7. The van der Waals surface area contributed by atoms with Crippen LogP contribution in [-0.2, 0) is 16.1 Å². The molecule has 174 valence electrons. The smallest absolute Gasteiger partial charge is 0.278 e. The quantitative estimate of drug-likeness (QED) is 0.401. The van der Waals surface area contributed by atoms with E-state index in [1.165, 1.54) is 12.0 Å². The fourth-order valence-corrected chi connectivity index (χ4v) is 4.23. The molecule has 0 radical (unpaired) electrons. The van der Waals surface area contributed by atoms with Crippen molar-refractivity contribution in [1.29, 1.82) is 0 Å². The molecule has 4 aromatic rings. The lowest BCUT2D eigenvalue weighted by molar-refractivity contribution is -0.137. The zero-order chi connectivity index (χ0) is 24.4. The second-order valence-corrected chi connectivity index (χ2v) is 8.02. The van der Waals surface area contributed by atoms with Crippen molar-refractivity contribution in [3.63, 3.8) is 0 Å². The Morgan fingerprint density at radius 2 is 1.57 bits per heavy atom. The summed E-state index contributed by atoms with van der Waals surface area (Å²) in [6, 6.07) is 22.4. The van der Waals surface area contributed by atoms with E-state index in [0.29, 0.717) is 17.1 Å². The van der Waals surface area contributed by atoms with E-state index < -0.39 is 5.91 Å². The van der Waals surface area contributed by atoms with E-state index >= 15 is 0 Å². The average molecular weight is 466 g/mol. The highest BCUT2D eigenvalue weighted by atomic mass is 16.5. The van der Waals surface area contributed by atoms with Gasteiger partial charge in [0, 0.05) is 23.5 Å². The van der Waals surface area contributed by atoms with Crippen LogP contribution in [0.25, 0.3) is 16.3 Å². The maximum absolute atomic E-state index is 13.7. The van der Waals surface area contributed by atoms with Crippen LogP contribution in [0.4, 0.5) is 5.69 Å². The number of anilines is 1. The van der Waals surface area contributed by atoms with Gasteiger partial charge in [-0.2, -0.15) is 0 Å². The van der Waals surface area contributed by atoms with Gasteiger partial charge in [0.2, 0.25) is 0 Å². The summed E-state index contributed by atoms with van der Waals surface area (Å²) in [7, 11) is 3.08. The molecule has 7 heteroatoms. The number of amides is 2. The zero-order valence-electron chi connectivity index (χ0n) is 19.3. The highest BCUT2D eigenvalue weighted by Crippen LogP contribution is 2.37. The fraction of sp³-hybridized carbons (Fsp3) is 0.107. The molecule has 5 rings (SSSR count). The molecule has 2 amide bonds. The Kier molecular flexibility index (Phi) is 5.89. The van der Waals surface area contributed by atoms with Crippen molar-refractivity contribution in [2.24, 2.45) is 0 Å². The van der Waals surface area contributed by atoms with Gasteiger partial charge in [0.15, 0.2) is 11.5 Å². The van der Waals surface area contributed by atoms with Gasteiger partial charge in [0.1, 0.15) is 5.70 Å². The Bertz CT molecular complexity index is 1460. The van der Waals surface area contributed by atoms with E-state index in [1.54, 1.807) is 49.8 Å². The largest absolute Gasteiger partial charge is 0.493 e. The number of ether oxygens (including phenoxy) is 2. The van der Waals surface area contributed by atoms with Gasteiger partial charge in [-0.05, 0) is 46.8 Å². The molecule has 0 saturated carbocycles. The van der Waals surface area contributed by atoms with Crippen LogP contribution < -0.4 is 14.8 Å². The number of carbonyl (C=O) groups is 2. The van der Waals surface area contributed by atoms with Crippen LogP contribution in [0.5, 0.6) is 11.5 Å². The molecular formula is C28H23N3O4. The molecule has 3 aromatic carbocycles. The van der Waals surface area contributed by atoms with Crippen LogP contribution >= 0.6 is 0 Å². The van der Waals surface area contributed by atoms with E-state index in [-0.39, 0.29) is 23.7 Å². The van der Waals surface area contributed by atoms with E-state index in [0.717, 1.165) is 22.0 Å². The molecule has 0 saturated heterocycles. The van der Waals surface area contributed by atoms with Crippen molar-refractivity contribution in [3.05, 3.63) is 102 Å². The standard InChI is InChI=1S/C28H23N3O4/c1-34-23-11-10-20(16-24(23)35-2)25-26(30-22-9-5-7-19-6-3-4-8-21(19)22)28(33)31(27(25)32)17-18-12-14-29-15-13-18/h3-16,30H,17H2,1-2H3. The number of pyridine rings is 1. The average Bonchev–Trinajstić information content (AvgIpc) is 3.13. The number of nitrogens with one attached hydrogen (secondary N) is 1. The third kappa shape index (κ3) is 4.08. The number of nitrogens with zero attached hydrogens (tertiary/aromatic N) is 2. The lowest BCUT2D eigenvalue weighted by Crippen LogP contribution is -2.32. The minimum absolute atomic E-state index is 0.137. The lowest BCUT2D eigenvalue weighted by atomic mass is 10.0. The van der Waals surface area contributed by atoms with Crippen molar-refractivity contribution in [2.75, 3.05) is 19.5 Å². The summed E-state index contributed by atoms with van der Waals surface area (Å²) in [6.07, 6.45) is 3.27. The predicted octanol–water partition coefficient (Wildman–Crippen LogP) is 4.64. The van der Waals surface area contributed by atoms with Gasteiger partial charge in [-0.1, -0.05) is 42.5 Å². The van der Waals surface area contributed by atoms with Crippen LogP contribution in [0.1, 0.15) is 11.1 Å². The highest BCUT2D eigenvalue weighted by Gasteiger charge is 2.39. The molecule has 0 spiro atoms. The third-order valence-corrected chi connectivity index (χ3v) is 5.98. The van der Waals surface area contributed by atoms with Crippen LogP contribution in [0, 0.1) is 0 Å². The Labute approximate surface area is 202 Å². The van der Waals surface area contributed by atoms with Gasteiger partial charge in [0.05, 0.1) is 26.3 Å². The van der Waals surface area contributed by atoms with Crippen molar-refractivity contribution in [1.82, 2.24) is 9.88 Å². The van der Waals surface area contributed by atoms with Gasteiger partial charge in [-0.3, -0.25) is 19.5 Å². The van der Waals surface area contributed by atoms with Gasteiger partial charge in [-0.15, -0.1) is 0 Å². The molecule has 1 aliphatic heterocycles. The molecule has 1 N–H and O–H groups in total. The number of hydrogen-bond acceptors (Lipinski definition) is 6. The van der Waals surface area contributed by atoms with Crippen molar-refractivity contribution < 1.29 is 19.1 Å². The number of carbonyl (C=O) groups excluding carboxylic acids is 2. The van der Waals surface area contributed by atoms with Crippen LogP contribution in [0.15, 0.2) is 90.9 Å². The second kappa shape index (κ2) is 9.30. The minimum atomic E-state index is -0.399. The summed E-state index contributed by atoms with van der Waals surface area (Å²) in [5, 5.41) is 5.25. The number of benzene rings is 3. The zero-order valence-corrected chi connectivity index (χ0v) is 19.3. The first kappa shape index (κ1) is 22.2. The first-order valence-corrected chi connectivity index (χ1v) is 11.1. The maximum Gasteiger partial charge on any atom is 0.278 e. The molecule has 1 aliphatic rings. The van der Waals surface area contributed by atoms with Crippen molar-refractivity contribution >= 4 is 33.8 Å². The second-order valence-electron chi connectivity index (χ2n) is 8.02. The number of hydrogen-bond donors (Lipinski definition) is 1. The van der Waals surface area contributed by atoms with Crippen LogP contribution in [-0.4, -0.2) is 35.9 Å². The molecule has 0 unspecified atom stereocenters. The summed E-state index contributed by atoms with van der Waals surface area (Å²) in [4.78, 5) is 32.6. The molecule has 7 nitrogen and oxygen atoms in total. The highest BCUT2D eigenvalue weighted by molar-refractivity contribution is 6.36. The molecule has 1 aromatic heterocycles. The van der Waals surface area contributed by atoms with Crippen molar-refractivity contribution in [3.8, 4) is 11.5 Å². The van der Waals surface area contributed by atoms with Gasteiger partial charge >= 0.3 is 0 Å². The summed E-state index contributed by atoms with van der Waals surface area (Å²) >= 11 is 0. The summed E-state index contributed by atoms with van der Waals surface area (Å²) < 4.78 is 10.8. The van der Waals surface area contributed by atoms with Gasteiger partial charge in [0.25, 0.3) is 11.8 Å². The topological polar surface area (TPSA) is 80.8 Å².